The molecule has 0 unspecified atom stereocenters. The molecule has 38 heavy (non-hydrogen) atoms. The number of hydrogen-bond donors (Lipinski definition) is 3. The van der Waals surface area contributed by atoms with Crippen LogP contribution in [0.3, 0.4) is 0 Å². The summed E-state index contributed by atoms with van der Waals surface area (Å²) in [6.07, 6.45) is 12.3. The molecule has 202 valence electrons. The highest BCUT2D eigenvalue weighted by atomic mass is 16.5. The van der Waals surface area contributed by atoms with Crippen molar-refractivity contribution >= 4 is 22.9 Å². The van der Waals surface area contributed by atoms with Gasteiger partial charge in [-0.25, -0.2) is 14.8 Å². The van der Waals surface area contributed by atoms with Crippen LogP contribution in [0.15, 0.2) is 21.7 Å². The number of aromatic nitrogens is 8. The van der Waals surface area contributed by atoms with Crippen LogP contribution in [0.25, 0.3) is 22.8 Å². The van der Waals surface area contributed by atoms with E-state index >= 15 is 0 Å². The molecule has 2 saturated carbocycles. The fraction of sp³-hybridized carbons (Fsp3) is 0.615. The van der Waals surface area contributed by atoms with Crippen molar-refractivity contribution in [2.45, 2.75) is 77.9 Å². The Kier molecular flexibility index (Phi) is 6.62. The molecular weight excluding hydrogens is 484 g/mol. The summed E-state index contributed by atoms with van der Waals surface area (Å²) >= 11 is 0. The largest absolute Gasteiger partial charge is 0.439 e. The van der Waals surface area contributed by atoms with Crippen LogP contribution in [0.2, 0.25) is 0 Å². The van der Waals surface area contributed by atoms with E-state index in [1.165, 1.54) is 44.9 Å². The first kappa shape index (κ1) is 24.6. The van der Waals surface area contributed by atoms with Gasteiger partial charge in [0, 0.05) is 37.9 Å². The predicted molar refractivity (Wildman–Crippen MR) is 144 cm³/mol. The zero-order valence-corrected chi connectivity index (χ0v) is 22.3. The van der Waals surface area contributed by atoms with Crippen molar-refractivity contribution in [3.63, 3.8) is 0 Å². The molecule has 2 aliphatic carbocycles. The summed E-state index contributed by atoms with van der Waals surface area (Å²) in [5, 5.41) is 14.5. The smallest absolute Gasteiger partial charge is 0.365 e. The highest BCUT2D eigenvalue weighted by molar-refractivity contribution is 5.87. The second-order valence-electron chi connectivity index (χ2n) is 11.2. The number of imidazole rings is 1. The van der Waals surface area contributed by atoms with Crippen molar-refractivity contribution in [3.8, 4) is 11.6 Å². The molecule has 4 aromatic heterocycles. The van der Waals surface area contributed by atoms with Gasteiger partial charge in [0.15, 0.2) is 11.5 Å². The van der Waals surface area contributed by atoms with E-state index in [1.54, 1.807) is 0 Å². The molecule has 0 amide bonds. The average Bonchev–Trinajstić information content (AvgIpc) is 3.60. The number of nitrogens with one attached hydrogen (secondary N) is 3. The average molecular weight is 521 g/mol. The lowest BCUT2D eigenvalue weighted by Gasteiger charge is -2.32. The molecule has 0 bridgehead atoms. The van der Waals surface area contributed by atoms with Crippen LogP contribution in [0.5, 0.6) is 0 Å². The molecule has 0 saturated heterocycles. The van der Waals surface area contributed by atoms with E-state index in [1.807, 2.05) is 19.4 Å². The molecule has 12 heteroatoms. The second-order valence-corrected chi connectivity index (χ2v) is 11.2. The molecule has 0 aliphatic heterocycles. The van der Waals surface area contributed by atoms with Crippen molar-refractivity contribution in [2.24, 2.45) is 17.8 Å². The molecule has 4 aromatic rings. The van der Waals surface area contributed by atoms with Gasteiger partial charge < -0.3 is 14.8 Å². The lowest BCUT2D eigenvalue weighted by molar-refractivity contribution is 0.267. The third kappa shape index (κ3) is 4.91. The van der Waals surface area contributed by atoms with E-state index < -0.39 is 5.76 Å². The van der Waals surface area contributed by atoms with E-state index in [4.69, 9.17) is 19.5 Å². The fourth-order valence-corrected chi connectivity index (χ4v) is 5.77. The Bertz CT molecular complexity index is 1430. The maximum absolute atomic E-state index is 11.7. The molecular formula is C26H36N10O2. The number of hydrogen-bond acceptors (Lipinski definition) is 9. The van der Waals surface area contributed by atoms with Crippen molar-refractivity contribution < 1.29 is 4.52 Å². The third-order valence-electron chi connectivity index (χ3n) is 8.35. The quantitative estimate of drug-likeness (QED) is 0.298. The van der Waals surface area contributed by atoms with Crippen LogP contribution < -0.4 is 16.0 Å². The van der Waals surface area contributed by atoms with Gasteiger partial charge in [0.2, 0.25) is 17.6 Å². The van der Waals surface area contributed by atoms with Gasteiger partial charge >= 0.3 is 5.76 Å². The van der Waals surface area contributed by atoms with Crippen molar-refractivity contribution in [1.29, 1.82) is 0 Å². The molecule has 0 spiro atoms. The minimum Gasteiger partial charge on any atom is -0.365 e. The molecule has 2 fully saturated rings. The summed E-state index contributed by atoms with van der Waals surface area (Å²) in [7, 11) is 2.04. The predicted octanol–water partition coefficient (Wildman–Crippen LogP) is 3.96. The van der Waals surface area contributed by atoms with Crippen LogP contribution in [0.1, 0.15) is 64.4 Å². The Labute approximate surface area is 220 Å². The zero-order valence-electron chi connectivity index (χ0n) is 22.3. The SMILES string of the molecule is C[C@@H](Nc1nc(-c2noc(=O)[nH]2)nc2nc(N(C)Cc3cn[nH]c3)n(C[C@H]3CC[C@H](C)CC3)c12)C1CCC1. The number of rotatable bonds is 9. The standard InChI is InChI=1S/C26H36N10O2/c1-15-7-9-17(10-8-15)14-36-20-21(29-16(2)19-5-4-6-19)30-23(24-33-26(37)38-34-24)31-22(20)32-25(36)35(3)13-18-11-27-28-12-18/h11-12,15-17,19H,4-10,13-14H2,1-3H3,(H,27,28)(H,29,30,31)(H,33,34,37)/t15-,16-,17-/m1/s1. The molecule has 1 atom stereocenters. The molecule has 3 N–H and O–H groups in total. The topological polar surface area (TPSA) is 146 Å². The minimum atomic E-state index is -0.640. The van der Waals surface area contributed by atoms with Crippen LogP contribution in [-0.2, 0) is 13.1 Å². The van der Waals surface area contributed by atoms with Gasteiger partial charge in [-0.3, -0.25) is 14.6 Å². The summed E-state index contributed by atoms with van der Waals surface area (Å²) < 4.78 is 7.04. The Hall–Kier alpha value is -3.70. The van der Waals surface area contributed by atoms with E-state index in [-0.39, 0.29) is 17.7 Å². The molecule has 0 radical (unpaired) electrons. The molecule has 2 aliphatic rings. The Morgan fingerprint density at radius 1 is 1.18 bits per heavy atom. The number of nitrogens with zero attached hydrogens (tertiary/aromatic N) is 7. The first-order valence-corrected chi connectivity index (χ1v) is 13.7. The Morgan fingerprint density at radius 2 is 2.00 bits per heavy atom. The third-order valence-corrected chi connectivity index (χ3v) is 8.35. The van der Waals surface area contributed by atoms with Gasteiger partial charge in [0.05, 0.1) is 6.20 Å². The van der Waals surface area contributed by atoms with Gasteiger partial charge in [-0.15, -0.1) is 0 Å². The van der Waals surface area contributed by atoms with E-state index in [2.05, 4.69) is 49.0 Å². The van der Waals surface area contributed by atoms with Crippen LogP contribution in [0, 0.1) is 17.8 Å². The van der Waals surface area contributed by atoms with Gasteiger partial charge in [-0.05, 0) is 50.4 Å². The van der Waals surface area contributed by atoms with Gasteiger partial charge in [-0.1, -0.05) is 31.3 Å². The summed E-state index contributed by atoms with van der Waals surface area (Å²) in [6, 6.07) is 0.247. The minimum absolute atomic E-state index is 0.195. The van der Waals surface area contributed by atoms with Crippen molar-refractivity contribution in [2.75, 3.05) is 17.3 Å². The van der Waals surface area contributed by atoms with Gasteiger partial charge in [0.25, 0.3) is 0 Å². The Balaban J connectivity index is 1.46. The van der Waals surface area contributed by atoms with Crippen LogP contribution in [0.4, 0.5) is 11.8 Å². The summed E-state index contributed by atoms with van der Waals surface area (Å²) in [6.45, 7) is 6.06. The number of anilines is 2. The molecule has 6 rings (SSSR count). The van der Waals surface area contributed by atoms with E-state index in [0.717, 1.165) is 29.5 Å². The number of fused-ring (bicyclic) bond motifs is 1. The highest BCUT2D eigenvalue weighted by Gasteiger charge is 2.29. The highest BCUT2D eigenvalue weighted by Crippen LogP contribution is 2.36. The lowest BCUT2D eigenvalue weighted by atomic mass is 9.80. The summed E-state index contributed by atoms with van der Waals surface area (Å²) in [5.74, 6) is 3.34. The van der Waals surface area contributed by atoms with Crippen molar-refractivity contribution in [3.05, 3.63) is 28.5 Å². The molecule has 0 aromatic carbocycles. The normalized spacial score (nSPS) is 20.9. The second kappa shape index (κ2) is 10.2. The zero-order chi connectivity index (χ0) is 26.2. The van der Waals surface area contributed by atoms with Crippen molar-refractivity contribution in [1.82, 2.24) is 39.9 Å². The monoisotopic (exact) mass is 520 g/mol. The summed E-state index contributed by atoms with van der Waals surface area (Å²) in [5.41, 5.74) is 2.53. The van der Waals surface area contributed by atoms with E-state index in [0.29, 0.717) is 29.8 Å². The van der Waals surface area contributed by atoms with Gasteiger partial charge in [-0.2, -0.15) is 10.1 Å². The maximum atomic E-state index is 11.7. The van der Waals surface area contributed by atoms with Crippen LogP contribution >= 0.6 is 0 Å². The fourth-order valence-electron chi connectivity index (χ4n) is 5.77. The number of aromatic amines is 2. The summed E-state index contributed by atoms with van der Waals surface area (Å²) in [4.78, 5) is 31.0. The molecule has 4 heterocycles. The molecule has 12 nitrogen and oxygen atoms in total. The van der Waals surface area contributed by atoms with Gasteiger partial charge in [0.1, 0.15) is 5.52 Å². The van der Waals surface area contributed by atoms with E-state index in [9.17, 15) is 4.79 Å². The van der Waals surface area contributed by atoms with Crippen LogP contribution in [-0.4, -0.2) is 52.9 Å². The lowest BCUT2D eigenvalue weighted by Crippen LogP contribution is -2.31. The maximum Gasteiger partial charge on any atom is 0.439 e. The Morgan fingerprint density at radius 3 is 2.66 bits per heavy atom. The first-order valence-electron chi connectivity index (χ1n) is 13.7. The number of H-pyrrole nitrogens is 2. The first-order chi connectivity index (χ1) is 18.4.